The van der Waals surface area contributed by atoms with E-state index in [0.717, 1.165) is 43.4 Å². The molecule has 0 saturated heterocycles. The molecule has 0 fully saturated rings. The van der Waals surface area contributed by atoms with Crippen LogP contribution in [0.25, 0.3) is 32.7 Å². The van der Waals surface area contributed by atoms with E-state index < -0.39 is 6.35 Å². The van der Waals surface area contributed by atoms with E-state index >= 15 is 0 Å². The lowest BCUT2D eigenvalue weighted by Crippen LogP contribution is -2.35. The van der Waals surface area contributed by atoms with Gasteiger partial charge in [-0.05, 0) is 37.7 Å². The summed E-state index contributed by atoms with van der Waals surface area (Å²) in [6, 6.07) is 12.0. The Labute approximate surface area is 161 Å². The molecular formula is C20H21N5OS. The predicted octanol–water partition coefficient (Wildman–Crippen LogP) is 3.96. The summed E-state index contributed by atoms with van der Waals surface area (Å²) in [5, 5.41) is 17.9. The minimum Gasteiger partial charge on any atom is -0.361 e. The van der Waals surface area contributed by atoms with Gasteiger partial charge in [-0.3, -0.25) is 5.32 Å². The second-order valence-electron chi connectivity index (χ2n) is 6.19. The van der Waals surface area contributed by atoms with Crippen molar-refractivity contribution in [3.05, 3.63) is 53.8 Å². The maximum atomic E-state index is 9.82. The van der Waals surface area contributed by atoms with Crippen LogP contribution in [0.15, 0.2) is 48.8 Å². The number of aryl methyl sites for hydroxylation is 1. The first-order valence-electron chi connectivity index (χ1n) is 8.84. The predicted molar refractivity (Wildman–Crippen MR) is 111 cm³/mol. The van der Waals surface area contributed by atoms with E-state index in [1.165, 1.54) is 0 Å². The van der Waals surface area contributed by atoms with Crippen LogP contribution in [0.5, 0.6) is 0 Å². The van der Waals surface area contributed by atoms with Crippen molar-refractivity contribution in [2.45, 2.75) is 20.2 Å². The number of thiazole rings is 1. The van der Waals surface area contributed by atoms with Gasteiger partial charge in [0.05, 0.1) is 15.6 Å². The number of anilines is 1. The van der Waals surface area contributed by atoms with E-state index in [1.54, 1.807) is 11.3 Å². The Balaban J connectivity index is 1.70. The smallest absolute Gasteiger partial charge is 0.181 e. The number of aliphatic hydroxyl groups is 1. The van der Waals surface area contributed by atoms with Gasteiger partial charge in [-0.25, -0.2) is 9.97 Å². The quantitative estimate of drug-likeness (QED) is 0.381. The number of nitrogens with one attached hydrogen (secondary N) is 3. The molecule has 3 aromatic heterocycles. The fraction of sp³-hybridized carbons (Fsp3) is 0.200. The van der Waals surface area contributed by atoms with Crippen LogP contribution in [0, 0.1) is 6.92 Å². The number of pyridine rings is 1. The normalized spacial score (nSPS) is 12.4. The van der Waals surface area contributed by atoms with Crippen LogP contribution < -0.4 is 10.6 Å². The third-order valence-electron chi connectivity index (χ3n) is 4.30. The average molecular weight is 379 g/mol. The summed E-state index contributed by atoms with van der Waals surface area (Å²) >= 11 is 1.68. The van der Waals surface area contributed by atoms with Crippen LogP contribution in [0.2, 0.25) is 0 Å². The van der Waals surface area contributed by atoms with E-state index in [-0.39, 0.29) is 0 Å². The number of aromatic amines is 1. The van der Waals surface area contributed by atoms with Crippen molar-refractivity contribution in [1.82, 2.24) is 20.3 Å². The summed E-state index contributed by atoms with van der Waals surface area (Å²) in [5.74, 6) is 0. The van der Waals surface area contributed by atoms with E-state index in [1.807, 2.05) is 62.6 Å². The number of aliphatic hydroxyl groups excluding tert-OH is 1. The zero-order chi connectivity index (χ0) is 18.8. The fourth-order valence-corrected chi connectivity index (χ4v) is 4.07. The Bertz CT molecular complexity index is 1050. The van der Waals surface area contributed by atoms with Crippen LogP contribution in [0.1, 0.15) is 11.9 Å². The molecule has 27 heavy (non-hydrogen) atoms. The molecular weight excluding hydrogens is 358 g/mol. The highest BCUT2D eigenvalue weighted by Gasteiger charge is 2.16. The standard InChI is InChI=1S/C20H21N5OS/c1-3-21-20(26)25-14-6-4-13(5-7-14)17-18(27-12(2)24-17)15-8-10-22-19-16(15)9-11-23-19/h4-11,20-21,25-26H,3H2,1-2H3,(H,22,23). The van der Waals surface area contributed by atoms with Crippen LogP contribution in [-0.4, -0.2) is 33.0 Å². The highest BCUT2D eigenvalue weighted by molar-refractivity contribution is 7.15. The molecule has 4 rings (SSSR count). The van der Waals surface area contributed by atoms with E-state index in [9.17, 15) is 5.11 Å². The number of fused-ring (bicyclic) bond motifs is 1. The molecule has 0 amide bonds. The number of H-pyrrole nitrogens is 1. The van der Waals surface area contributed by atoms with Gasteiger partial charge < -0.3 is 15.4 Å². The molecule has 4 aromatic rings. The van der Waals surface area contributed by atoms with E-state index in [2.05, 4.69) is 20.6 Å². The molecule has 138 valence electrons. The van der Waals surface area contributed by atoms with Gasteiger partial charge in [0.25, 0.3) is 0 Å². The topological polar surface area (TPSA) is 85.9 Å². The average Bonchev–Trinajstić information content (AvgIpc) is 3.29. The zero-order valence-corrected chi connectivity index (χ0v) is 16.0. The lowest BCUT2D eigenvalue weighted by atomic mass is 10.1. The first-order valence-corrected chi connectivity index (χ1v) is 9.65. The molecule has 0 aliphatic heterocycles. The molecule has 1 atom stereocenters. The summed E-state index contributed by atoms with van der Waals surface area (Å²) < 4.78 is 0. The molecule has 0 aliphatic rings. The third kappa shape index (κ3) is 3.57. The van der Waals surface area contributed by atoms with Gasteiger partial charge in [0.1, 0.15) is 5.65 Å². The van der Waals surface area contributed by atoms with Crippen molar-refractivity contribution in [3.63, 3.8) is 0 Å². The summed E-state index contributed by atoms with van der Waals surface area (Å²) in [6.07, 6.45) is 2.96. The third-order valence-corrected chi connectivity index (χ3v) is 5.30. The van der Waals surface area contributed by atoms with E-state index in [0.29, 0.717) is 6.54 Å². The van der Waals surface area contributed by atoms with Crippen LogP contribution >= 0.6 is 11.3 Å². The molecule has 0 saturated carbocycles. The Morgan fingerprint density at radius 3 is 2.78 bits per heavy atom. The van der Waals surface area contributed by atoms with Crippen molar-refractivity contribution >= 4 is 28.1 Å². The molecule has 7 heteroatoms. The maximum absolute atomic E-state index is 9.82. The van der Waals surface area contributed by atoms with Crippen molar-refractivity contribution in [3.8, 4) is 21.7 Å². The minimum atomic E-state index is -0.767. The van der Waals surface area contributed by atoms with Gasteiger partial charge in [0.2, 0.25) is 0 Å². The van der Waals surface area contributed by atoms with Gasteiger partial charge >= 0.3 is 0 Å². The van der Waals surface area contributed by atoms with Crippen molar-refractivity contribution in [2.75, 3.05) is 11.9 Å². The van der Waals surface area contributed by atoms with Gasteiger partial charge in [-0.15, -0.1) is 11.3 Å². The minimum absolute atomic E-state index is 0.688. The van der Waals surface area contributed by atoms with Crippen LogP contribution in [0.3, 0.4) is 0 Å². The molecule has 1 aromatic carbocycles. The monoisotopic (exact) mass is 379 g/mol. The first kappa shape index (κ1) is 17.7. The molecule has 4 N–H and O–H groups in total. The van der Waals surface area contributed by atoms with Crippen molar-refractivity contribution in [2.24, 2.45) is 0 Å². The van der Waals surface area contributed by atoms with Gasteiger partial charge in [0, 0.05) is 34.6 Å². The SMILES string of the molecule is CCNC(O)Nc1ccc(-c2nc(C)sc2-c2ccnc3[nH]ccc23)cc1. The number of nitrogens with zero attached hydrogens (tertiary/aromatic N) is 2. The molecule has 0 spiro atoms. The Kier molecular flexibility index (Phi) is 4.89. The zero-order valence-electron chi connectivity index (χ0n) is 15.2. The second-order valence-corrected chi connectivity index (χ2v) is 7.39. The Hall–Kier alpha value is -2.74. The highest BCUT2D eigenvalue weighted by Crippen LogP contribution is 2.39. The number of hydrogen-bond donors (Lipinski definition) is 4. The highest BCUT2D eigenvalue weighted by atomic mass is 32.1. The Morgan fingerprint density at radius 2 is 2.00 bits per heavy atom. The fourth-order valence-electron chi connectivity index (χ4n) is 3.09. The van der Waals surface area contributed by atoms with Crippen molar-refractivity contribution in [1.29, 1.82) is 0 Å². The van der Waals surface area contributed by atoms with Gasteiger partial charge in [0.15, 0.2) is 6.35 Å². The maximum Gasteiger partial charge on any atom is 0.181 e. The van der Waals surface area contributed by atoms with Crippen molar-refractivity contribution < 1.29 is 5.11 Å². The van der Waals surface area contributed by atoms with Crippen LogP contribution in [-0.2, 0) is 0 Å². The first-order chi connectivity index (χ1) is 13.2. The number of benzene rings is 1. The molecule has 0 aliphatic carbocycles. The summed E-state index contributed by atoms with van der Waals surface area (Å²) in [6.45, 7) is 4.66. The van der Waals surface area contributed by atoms with Crippen LogP contribution in [0.4, 0.5) is 5.69 Å². The molecule has 0 bridgehead atoms. The molecule has 3 heterocycles. The number of hydrogen-bond acceptors (Lipinski definition) is 6. The van der Waals surface area contributed by atoms with Gasteiger partial charge in [-0.1, -0.05) is 19.1 Å². The lowest BCUT2D eigenvalue weighted by molar-refractivity contribution is 0.168. The summed E-state index contributed by atoms with van der Waals surface area (Å²) in [5.41, 5.74) is 4.86. The van der Waals surface area contributed by atoms with E-state index in [4.69, 9.17) is 4.98 Å². The number of aromatic nitrogens is 3. The summed E-state index contributed by atoms with van der Waals surface area (Å²) in [7, 11) is 0. The second kappa shape index (κ2) is 7.48. The Morgan fingerprint density at radius 1 is 1.19 bits per heavy atom. The lowest BCUT2D eigenvalue weighted by Gasteiger charge is -2.14. The number of rotatable bonds is 6. The molecule has 0 radical (unpaired) electrons. The molecule has 1 unspecified atom stereocenters. The molecule has 6 nitrogen and oxygen atoms in total. The summed E-state index contributed by atoms with van der Waals surface area (Å²) in [4.78, 5) is 13.5. The largest absolute Gasteiger partial charge is 0.361 e. The van der Waals surface area contributed by atoms with Gasteiger partial charge in [-0.2, -0.15) is 0 Å².